The molecule has 0 saturated heterocycles. The van der Waals surface area contributed by atoms with Crippen molar-refractivity contribution < 1.29 is 19.1 Å². The van der Waals surface area contributed by atoms with Crippen LogP contribution in [-0.4, -0.2) is 22.2 Å². The SMILES string of the molecule is O=C(O)CC1Sc2cccc(F)c2NC1=O. The van der Waals surface area contributed by atoms with Crippen molar-refractivity contribution in [1.29, 1.82) is 0 Å². The van der Waals surface area contributed by atoms with Gasteiger partial charge in [-0.2, -0.15) is 0 Å². The lowest BCUT2D eigenvalue weighted by Gasteiger charge is -2.23. The zero-order chi connectivity index (χ0) is 11.7. The number of aliphatic carboxylic acids is 1. The molecule has 1 unspecified atom stereocenters. The highest BCUT2D eigenvalue weighted by Gasteiger charge is 2.30. The lowest BCUT2D eigenvalue weighted by molar-refractivity contribution is -0.138. The third-order valence-electron chi connectivity index (χ3n) is 2.15. The van der Waals surface area contributed by atoms with Gasteiger partial charge in [0.2, 0.25) is 5.91 Å². The Labute approximate surface area is 94.8 Å². The number of carbonyl (C=O) groups excluding carboxylic acids is 1. The van der Waals surface area contributed by atoms with Crippen molar-refractivity contribution in [3.8, 4) is 0 Å². The van der Waals surface area contributed by atoms with Crippen molar-refractivity contribution in [3.63, 3.8) is 0 Å². The minimum absolute atomic E-state index is 0.138. The van der Waals surface area contributed by atoms with E-state index in [9.17, 15) is 14.0 Å². The molecule has 1 aromatic rings. The van der Waals surface area contributed by atoms with Crippen LogP contribution in [0.1, 0.15) is 6.42 Å². The number of rotatable bonds is 2. The van der Waals surface area contributed by atoms with Gasteiger partial charge in [-0.15, -0.1) is 11.8 Å². The molecule has 0 aromatic heterocycles. The maximum Gasteiger partial charge on any atom is 0.305 e. The van der Waals surface area contributed by atoms with E-state index in [4.69, 9.17) is 5.11 Å². The molecule has 0 aliphatic carbocycles. The van der Waals surface area contributed by atoms with Gasteiger partial charge in [-0.3, -0.25) is 9.59 Å². The summed E-state index contributed by atoms with van der Waals surface area (Å²) in [4.78, 5) is 22.6. The Balaban J connectivity index is 2.28. The predicted molar refractivity (Wildman–Crippen MR) is 56.9 cm³/mol. The second kappa shape index (κ2) is 4.13. The van der Waals surface area contributed by atoms with Gasteiger partial charge in [0, 0.05) is 4.90 Å². The summed E-state index contributed by atoms with van der Waals surface area (Å²) in [6, 6.07) is 4.42. The van der Waals surface area contributed by atoms with Crippen LogP contribution < -0.4 is 5.32 Å². The van der Waals surface area contributed by atoms with Crippen molar-refractivity contribution in [2.45, 2.75) is 16.6 Å². The van der Waals surface area contributed by atoms with E-state index in [2.05, 4.69) is 5.32 Å². The summed E-state index contributed by atoms with van der Waals surface area (Å²) in [6.07, 6.45) is -0.271. The van der Waals surface area contributed by atoms with Crippen LogP contribution in [0.4, 0.5) is 10.1 Å². The van der Waals surface area contributed by atoms with Crippen LogP contribution in [-0.2, 0) is 9.59 Å². The molecular weight excluding hydrogens is 233 g/mol. The van der Waals surface area contributed by atoms with Gasteiger partial charge in [-0.1, -0.05) is 6.07 Å². The number of carboxylic acids is 1. The first kappa shape index (κ1) is 10.9. The van der Waals surface area contributed by atoms with E-state index in [1.165, 1.54) is 12.1 Å². The Morgan fingerprint density at radius 3 is 3.00 bits per heavy atom. The molecule has 0 saturated carbocycles. The standard InChI is InChI=1S/C10H8FNO3S/c11-5-2-1-3-6-9(5)12-10(15)7(16-6)4-8(13)14/h1-3,7H,4H2,(H,12,15)(H,13,14). The van der Waals surface area contributed by atoms with E-state index < -0.39 is 22.9 Å². The molecule has 2 rings (SSSR count). The largest absolute Gasteiger partial charge is 0.481 e. The average Bonchev–Trinajstić information content (AvgIpc) is 2.20. The molecule has 0 bridgehead atoms. The molecule has 2 N–H and O–H groups in total. The van der Waals surface area contributed by atoms with Gasteiger partial charge < -0.3 is 10.4 Å². The zero-order valence-corrected chi connectivity index (χ0v) is 8.88. The molecule has 0 spiro atoms. The number of halogens is 1. The minimum Gasteiger partial charge on any atom is -0.481 e. The Hall–Kier alpha value is -1.56. The third-order valence-corrected chi connectivity index (χ3v) is 3.40. The van der Waals surface area contributed by atoms with Gasteiger partial charge in [0.15, 0.2) is 0 Å². The van der Waals surface area contributed by atoms with Gasteiger partial charge in [0.1, 0.15) is 5.82 Å². The molecule has 0 fully saturated rings. The summed E-state index contributed by atoms with van der Waals surface area (Å²) in [5.74, 6) is -2.02. The summed E-state index contributed by atoms with van der Waals surface area (Å²) >= 11 is 1.07. The molecule has 1 aromatic carbocycles. The van der Waals surface area contributed by atoms with Crippen LogP contribution in [0.15, 0.2) is 23.1 Å². The van der Waals surface area contributed by atoms with E-state index in [1.54, 1.807) is 6.07 Å². The van der Waals surface area contributed by atoms with Crippen molar-refractivity contribution in [2.75, 3.05) is 5.32 Å². The number of carboxylic acid groups (broad SMARTS) is 1. The van der Waals surface area contributed by atoms with Crippen molar-refractivity contribution >= 4 is 29.3 Å². The van der Waals surface area contributed by atoms with Crippen LogP contribution in [0.5, 0.6) is 0 Å². The summed E-state index contributed by atoms with van der Waals surface area (Å²) in [5.41, 5.74) is 0.138. The molecule has 16 heavy (non-hydrogen) atoms. The smallest absolute Gasteiger partial charge is 0.305 e. The van der Waals surface area contributed by atoms with Crippen LogP contribution in [0, 0.1) is 5.82 Å². The second-order valence-electron chi connectivity index (χ2n) is 3.31. The number of nitrogens with one attached hydrogen (secondary N) is 1. The molecule has 1 aliphatic heterocycles. The first-order valence-electron chi connectivity index (χ1n) is 4.56. The molecular formula is C10H8FNO3S. The third kappa shape index (κ3) is 2.01. The predicted octanol–water partition coefficient (Wildman–Crippen LogP) is 1.71. The fourth-order valence-electron chi connectivity index (χ4n) is 1.43. The van der Waals surface area contributed by atoms with Crippen LogP contribution in [0.3, 0.4) is 0 Å². The molecule has 1 aliphatic rings. The number of hydrogen-bond donors (Lipinski definition) is 2. The number of anilines is 1. The first-order chi connectivity index (χ1) is 7.58. The van der Waals surface area contributed by atoms with Crippen LogP contribution in [0.2, 0.25) is 0 Å². The fraction of sp³-hybridized carbons (Fsp3) is 0.200. The number of hydrogen-bond acceptors (Lipinski definition) is 3. The number of carbonyl (C=O) groups is 2. The van der Waals surface area contributed by atoms with Crippen LogP contribution in [0.25, 0.3) is 0 Å². The normalized spacial score (nSPS) is 18.8. The highest BCUT2D eigenvalue weighted by molar-refractivity contribution is 8.01. The first-order valence-corrected chi connectivity index (χ1v) is 5.43. The molecule has 0 radical (unpaired) electrons. The van der Waals surface area contributed by atoms with E-state index >= 15 is 0 Å². The monoisotopic (exact) mass is 241 g/mol. The fourth-order valence-corrected chi connectivity index (χ4v) is 2.55. The Morgan fingerprint density at radius 1 is 1.56 bits per heavy atom. The van der Waals surface area contributed by atoms with Crippen molar-refractivity contribution in [1.82, 2.24) is 0 Å². The van der Waals surface area contributed by atoms with Gasteiger partial charge in [-0.05, 0) is 12.1 Å². The lowest BCUT2D eigenvalue weighted by Crippen LogP contribution is -2.31. The van der Waals surface area contributed by atoms with Crippen molar-refractivity contribution in [2.24, 2.45) is 0 Å². The van der Waals surface area contributed by atoms with Gasteiger partial charge in [0.05, 0.1) is 17.4 Å². The van der Waals surface area contributed by atoms with Gasteiger partial charge in [-0.25, -0.2) is 4.39 Å². The summed E-state index contributed by atoms with van der Waals surface area (Å²) < 4.78 is 13.3. The molecule has 84 valence electrons. The quantitative estimate of drug-likeness (QED) is 0.827. The Morgan fingerprint density at radius 2 is 2.31 bits per heavy atom. The molecule has 6 heteroatoms. The second-order valence-corrected chi connectivity index (χ2v) is 4.55. The molecule has 1 amide bonds. The maximum absolute atomic E-state index is 13.3. The van der Waals surface area contributed by atoms with E-state index in [0.29, 0.717) is 4.90 Å². The van der Waals surface area contributed by atoms with Gasteiger partial charge >= 0.3 is 5.97 Å². The summed E-state index contributed by atoms with van der Waals surface area (Å²) in [5, 5.41) is 10.3. The van der Waals surface area contributed by atoms with Gasteiger partial charge in [0.25, 0.3) is 0 Å². The zero-order valence-electron chi connectivity index (χ0n) is 8.07. The highest BCUT2D eigenvalue weighted by atomic mass is 32.2. The number of para-hydroxylation sites is 1. The average molecular weight is 241 g/mol. The van der Waals surface area contributed by atoms with Crippen molar-refractivity contribution in [3.05, 3.63) is 24.0 Å². The maximum atomic E-state index is 13.3. The molecule has 1 atom stereocenters. The van der Waals surface area contributed by atoms with E-state index in [1.807, 2.05) is 0 Å². The summed E-state index contributed by atoms with van der Waals surface area (Å²) in [6.45, 7) is 0. The minimum atomic E-state index is -1.05. The number of fused-ring (bicyclic) bond motifs is 1. The van der Waals surface area contributed by atoms with Crippen LogP contribution >= 0.6 is 11.8 Å². The molecule has 4 nitrogen and oxygen atoms in total. The topological polar surface area (TPSA) is 66.4 Å². The number of amides is 1. The Bertz CT molecular complexity index is 463. The Kier molecular flexibility index (Phi) is 2.82. The van der Waals surface area contributed by atoms with E-state index in [0.717, 1.165) is 11.8 Å². The summed E-state index contributed by atoms with van der Waals surface area (Å²) in [7, 11) is 0. The number of thioether (sulfide) groups is 1. The molecule has 1 heterocycles. The van der Waals surface area contributed by atoms with E-state index in [-0.39, 0.29) is 12.1 Å². The number of benzene rings is 1. The lowest BCUT2D eigenvalue weighted by atomic mass is 10.2. The highest BCUT2D eigenvalue weighted by Crippen LogP contribution is 2.38.